The van der Waals surface area contributed by atoms with Crippen LogP contribution < -0.4 is 19.6 Å². The zero-order valence-electron chi connectivity index (χ0n) is 76.6. The van der Waals surface area contributed by atoms with Gasteiger partial charge in [0.15, 0.2) is 0 Å². The lowest BCUT2D eigenvalue weighted by Crippen LogP contribution is -2.21. The van der Waals surface area contributed by atoms with Crippen LogP contribution in [0.2, 0.25) is 0 Å². The Morgan fingerprint density at radius 1 is 0.227 bits per heavy atom. The van der Waals surface area contributed by atoms with Crippen LogP contribution in [-0.2, 0) is 28.1 Å². The highest BCUT2D eigenvalue weighted by Crippen LogP contribution is 2.58. The molecule has 22 aromatic rings. The van der Waals surface area contributed by atoms with Crippen LogP contribution in [-0.4, -0.2) is 8.80 Å². The van der Waals surface area contributed by atoms with Crippen LogP contribution in [0, 0.1) is 41.5 Å². The number of hydrogen-bond donors (Lipinski definition) is 0. The van der Waals surface area contributed by atoms with Crippen LogP contribution in [0.5, 0.6) is 0 Å². The molecule has 0 unspecified atom stereocenters. The zero-order valence-corrected chi connectivity index (χ0v) is 76.6. The van der Waals surface area contributed by atoms with E-state index in [1.54, 1.807) is 0 Å². The fraction of sp³-hybridized carbons (Fsp3) is 0.180. The summed E-state index contributed by atoms with van der Waals surface area (Å²) in [5, 5.41) is 19.4. The second kappa shape index (κ2) is 29.5. The lowest BCUT2D eigenvalue weighted by molar-refractivity contribution is 0.522. The molecule has 0 saturated heterocycles. The van der Waals surface area contributed by atoms with Crippen molar-refractivity contribution >= 4 is 188 Å². The van der Waals surface area contributed by atoms with Gasteiger partial charge in [-0.05, 0) is 249 Å². The molecule has 4 aromatic heterocycles. The molecule has 18 aromatic carbocycles. The average molecular weight is 1660 g/mol. The number of fused-ring (bicyclic) bond motifs is 16. The first-order chi connectivity index (χ1) is 61.6. The van der Waals surface area contributed by atoms with Crippen LogP contribution in [0.3, 0.4) is 0 Å². The topological polar surface area (TPSA) is 21.8 Å². The minimum atomic E-state index is -0.282. The quantitative estimate of drug-likeness (QED) is 0.102. The minimum Gasteiger partial charge on any atom is -0.309 e. The van der Waals surface area contributed by atoms with Crippen LogP contribution in [0.4, 0.5) is 68.2 Å². The maximum atomic E-state index is 2.63. The molecule has 0 saturated carbocycles. The Kier molecular flexibility index (Phi) is 18.3. The van der Waals surface area contributed by atoms with Crippen molar-refractivity contribution in [3.63, 3.8) is 0 Å². The summed E-state index contributed by atoms with van der Waals surface area (Å²) in [6.07, 6.45) is 0.819. The number of hydrogen-bond acceptors (Lipinski definition) is 4. The van der Waals surface area contributed by atoms with E-state index in [2.05, 4.69) is 480 Å². The molecular formula is C122H108N6. The van der Waals surface area contributed by atoms with Crippen LogP contribution in [0.25, 0.3) is 119 Å². The predicted molar refractivity (Wildman–Crippen MR) is 552 cm³/mol. The van der Waals surface area contributed by atoms with Gasteiger partial charge in [0, 0.05) is 110 Å². The largest absolute Gasteiger partial charge is 0.309 e. The lowest BCUT2D eigenvalue weighted by atomic mass is 9.79. The monoisotopic (exact) mass is 1660 g/mol. The first-order valence-electron chi connectivity index (χ1n) is 45.7. The van der Waals surface area contributed by atoms with Gasteiger partial charge in [-0.2, -0.15) is 0 Å². The number of benzene rings is 18. The molecule has 0 fully saturated rings. The molecule has 0 atom stereocenters. The van der Waals surface area contributed by atoms with Gasteiger partial charge in [0.1, 0.15) is 0 Å². The molecule has 128 heavy (non-hydrogen) atoms. The van der Waals surface area contributed by atoms with Crippen molar-refractivity contribution in [3.05, 3.63) is 395 Å². The number of aromatic nitrogens is 2. The number of anilines is 12. The van der Waals surface area contributed by atoms with Crippen molar-refractivity contribution in [3.8, 4) is 0 Å². The van der Waals surface area contributed by atoms with Crippen molar-refractivity contribution in [1.29, 1.82) is 0 Å². The lowest BCUT2D eigenvalue weighted by Gasteiger charge is -2.32. The highest BCUT2D eigenvalue weighted by Gasteiger charge is 2.35. The Hall–Kier alpha value is -14.2. The van der Waals surface area contributed by atoms with Gasteiger partial charge in [-0.1, -0.05) is 313 Å². The molecule has 6 heteroatoms. The maximum Gasteiger partial charge on any atom is 0.0640 e. The van der Waals surface area contributed by atoms with E-state index in [1.165, 1.54) is 215 Å². The van der Waals surface area contributed by atoms with E-state index in [0.29, 0.717) is 0 Å². The summed E-state index contributed by atoms with van der Waals surface area (Å²) in [5.74, 6) is 0. The summed E-state index contributed by atoms with van der Waals surface area (Å²) in [6, 6.07) is 128. The third kappa shape index (κ3) is 12.7. The molecule has 22 rings (SSSR count). The number of nitrogens with zero attached hydrogens (tertiary/aromatic N) is 6. The van der Waals surface area contributed by atoms with Crippen molar-refractivity contribution in [2.75, 3.05) is 19.6 Å². The Balaban J connectivity index is 0.683. The summed E-state index contributed by atoms with van der Waals surface area (Å²) in [7, 11) is 0. The van der Waals surface area contributed by atoms with Crippen molar-refractivity contribution in [2.24, 2.45) is 0 Å². The van der Waals surface area contributed by atoms with Gasteiger partial charge in [0.05, 0.1) is 55.8 Å². The first kappa shape index (κ1) is 79.7. The number of para-hydroxylation sites is 3. The Morgan fingerprint density at radius 2 is 0.516 bits per heavy atom. The summed E-state index contributed by atoms with van der Waals surface area (Å²) < 4.78 is 5.24. The third-order valence-corrected chi connectivity index (χ3v) is 28.1. The summed E-state index contributed by atoms with van der Waals surface area (Å²) in [5.41, 5.74) is 34.4. The summed E-state index contributed by atoms with van der Waals surface area (Å²) in [6.45, 7) is 39.2. The van der Waals surface area contributed by atoms with Crippen LogP contribution in [0.15, 0.2) is 334 Å². The molecule has 0 bridgehead atoms. The maximum absolute atomic E-state index is 2.63. The zero-order chi connectivity index (χ0) is 88.0. The fourth-order valence-electron chi connectivity index (χ4n) is 21.4. The van der Waals surface area contributed by atoms with Gasteiger partial charge in [-0.25, -0.2) is 0 Å². The average Bonchev–Trinajstić information content (AvgIpc) is 1.52. The molecule has 0 aliphatic rings. The van der Waals surface area contributed by atoms with Gasteiger partial charge in [-0.15, -0.1) is 0 Å². The van der Waals surface area contributed by atoms with E-state index in [9.17, 15) is 0 Å². The van der Waals surface area contributed by atoms with Crippen LogP contribution in [0.1, 0.15) is 137 Å². The molecule has 0 radical (unpaired) electrons. The first-order valence-corrected chi connectivity index (χ1v) is 45.7. The van der Waals surface area contributed by atoms with E-state index in [0.717, 1.165) is 40.5 Å². The highest BCUT2D eigenvalue weighted by molar-refractivity contribution is 6.36. The van der Waals surface area contributed by atoms with Gasteiger partial charge in [0.25, 0.3) is 0 Å². The summed E-state index contributed by atoms with van der Waals surface area (Å²) >= 11 is 0. The fourth-order valence-corrected chi connectivity index (χ4v) is 21.4. The Labute approximate surface area is 751 Å². The molecular weight excluding hydrogens is 1550 g/mol. The van der Waals surface area contributed by atoms with E-state index in [1.807, 2.05) is 0 Å². The molecule has 626 valence electrons. The Morgan fingerprint density at radius 3 is 0.844 bits per heavy atom. The van der Waals surface area contributed by atoms with E-state index < -0.39 is 0 Å². The highest BCUT2D eigenvalue weighted by atomic mass is 15.2. The smallest absolute Gasteiger partial charge is 0.0640 e. The van der Waals surface area contributed by atoms with Crippen molar-refractivity contribution in [2.45, 2.75) is 146 Å². The van der Waals surface area contributed by atoms with Gasteiger partial charge in [-0.3, -0.25) is 0 Å². The molecule has 0 N–H and O–H groups in total. The molecule has 0 aliphatic heterocycles. The number of rotatable bonds is 15. The molecule has 0 spiro atoms. The van der Waals surface area contributed by atoms with E-state index in [4.69, 9.17) is 0 Å². The second-order valence-electron chi connectivity index (χ2n) is 40.3. The number of aryl methyl sites for hydroxylation is 6. The van der Waals surface area contributed by atoms with Crippen molar-refractivity contribution in [1.82, 2.24) is 8.80 Å². The van der Waals surface area contributed by atoms with Crippen LogP contribution >= 0.6 is 0 Å². The minimum absolute atomic E-state index is 0.00973. The van der Waals surface area contributed by atoms with Gasteiger partial charge in [0.2, 0.25) is 0 Å². The molecule has 6 nitrogen and oxygen atoms in total. The normalized spacial score (nSPS) is 12.6. The third-order valence-electron chi connectivity index (χ3n) is 28.1. The van der Waals surface area contributed by atoms with Gasteiger partial charge >= 0.3 is 0 Å². The second-order valence-corrected chi connectivity index (χ2v) is 40.3. The molecule has 0 aliphatic carbocycles. The summed E-state index contributed by atoms with van der Waals surface area (Å²) in [4.78, 5) is 10.3. The standard InChI is InChI=1S/C122H108N6/c1-74-44-46-77(4)103(66-74)125(101-43-27-18-30-76(101)3)117-95-37-25-21-33-83(95)71-107-111(117)99-41-29-42-100-112-108(128(107)114(99)100)72-84-34-22-26-38-96(84)118(112)126(104-67-75(2)45-47-78(104)5)102-65-48-80(68-79(102)6)73-122(16,17)88-55-63-92(64-56-88)124(91-61-53-87(54-62-91)121(13,14)15)116-94-36-24-20-32-82(94)70-106-110(116)98-40-28-39-97-109-105(127(106)113(97)98)69-81-31-19-23-35-93(81)115(109)123(89-57-49-85(50-58-89)119(7,8)9)90-59-51-86(52-60-90)120(10,11)12/h18-72H,73H2,1-17H3. The SMILES string of the molecule is Cc1ccc(C)c(N(c2ccccc2C)c2c3ccccc3cc3c2c2cccc4c5c(N(c6ccc(CC(C)(C)c7ccc(N(c8ccc(C(C)(C)C)cc8)c8c9ccccc9cc9c8c8cccc%10c%11c(N(c%12ccc(C(C)(C)C)cc%12)c%12ccc(C(C)(C)C)cc%12)c%12ccccc%12cc%11n9c%108)cc7)cc6C)c6cc(C)ccc6C)c6ccccc6cc5n3c24)c1. The molecule has 4 heterocycles. The predicted octanol–water partition coefficient (Wildman–Crippen LogP) is 34.7. The van der Waals surface area contributed by atoms with E-state index >= 15 is 0 Å². The van der Waals surface area contributed by atoms with Gasteiger partial charge < -0.3 is 28.4 Å². The molecule has 0 amide bonds. The van der Waals surface area contributed by atoms with E-state index in [-0.39, 0.29) is 21.7 Å². The van der Waals surface area contributed by atoms with Crippen molar-refractivity contribution < 1.29 is 0 Å². The Bertz CT molecular complexity index is 8180.